The van der Waals surface area contributed by atoms with Crippen molar-refractivity contribution < 1.29 is 22.4 Å². The summed E-state index contributed by atoms with van der Waals surface area (Å²) in [4.78, 5) is 23.6. The second-order valence-electron chi connectivity index (χ2n) is 6.96. The summed E-state index contributed by atoms with van der Waals surface area (Å²) in [6.45, 7) is 1.53. The molecule has 1 unspecified atom stereocenters. The van der Waals surface area contributed by atoms with Gasteiger partial charge < -0.3 is 10.6 Å². The summed E-state index contributed by atoms with van der Waals surface area (Å²) in [5.41, 5.74) is 1.39. The molecule has 2 amide bonds. The van der Waals surface area contributed by atoms with Gasteiger partial charge in [-0.15, -0.1) is 0 Å². The molecule has 1 saturated carbocycles. The number of amides is 2. The van der Waals surface area contributed by atoms with Gasteiger partial charge in [0.1, 0.15) is 10.7 Å². The lowest BCUT2D eigenvalue weighted by atomic mass is 10.2. The molecule has 3 rings (SSSR count). The van der Waals surface area contributed by atoms with E-state index in [0.717, 1.165) is 30.5 Å². The van der Waals surface area contributed by atoms with Gasteiger partial charge in [-0.2, -0.15) is 4.72 Å². The standard InChI is InChI=1S/C20H22FN3O4S/c1-13(24-29(27,28)18-8-3-2-7-17(18)21)19(25)22-12-14-5-4-6-16(11-14)23-20(26)15-9-10-15/h2-8,11,13,15,24H,9-10,12H2,1H3,(H,22,25)(H,23,26). The van der Waals surface area contributed by atoms with Crippen LogP contribution in [0.2, 0.25) is 0 Å². The smallest absolute Gasteiger partial charge is 0.244 e. The first-order chi connectivity index (χ1) is 13.8. The van der Waals surface area contributed by atoms with Gasteiger partial charge in [0.15, 0.2) is 0 Å². The molecule has 9 heteroatoms. The number of halogens is 1. The van der Waals surface area contributed by atoms with Gasteiger partial charge in [0.05, 0.1) is 6.04 Å². The highest BCUT2D eigenvalue weighted by Crippen LogP contribution is 2.30. The van der Waals surface area contributed by atoms with Crippen molar-refractivity contribution in [3.05, 3.63) is 59.9 Å². The van der Waals surface area contributed by atoms with E-state index in [4.69, 9.17) is 0 Å². The minimum Gasteiger partial charge on any atom is -0.351 e. The highest BCUT2D eigenvalue weighted by atomic mass is 32.2. The monoisotopic (exact) mass is 419 g/mol. The van der Waals surface area contributed by atoms with Crippen LogP contribution in [0.4, 0.5) is 10.1 Å². The quantitative estimate of drug-likeness (QED) is 0.610. The van der Waals surface area contributed by atoms with E-state index < -0.39 is 32.7 Å². The zero-order valence-electron chi connectivity index (χ0n) is 15.8. The Bertz CT molecular complexity index is 1020. The predicted molar refractivity (Wildman–Crippen MR) is 106 cm³/mol. The maximum absolute atomic E-state index is 13.7. The van der Waals surface area contributed by atoms with E-state index in [1.165, 1.54) is 19.1 Å². The zero-order chi connectivity index (χ0) is 21.0. The maximum Gasteiger partial charge on any atom is 0.244 e. The number of benzene rings is 2. The van der Waals surface area contributed by atoms with E-state index in [-0.39, 0.29) is 18.4 Å². The Labute approximate surface area is 168 Å². The van der Waals surface area contributed by atoms with Gasteiger partial charge in [0.2, 0.25) is 21.8 Å². The molecule has 0 aromatic heterocycles. The first-order valence-corrected chi connectivity index (χ1v) is 10.7. The van der Waals surface area contributed by atoms with Crippen LogP contribution in [0.1, 0.15) is 25.3 Å². The van der Waals surface area contributed by atoms with Gasteiger partial charge >= 0.3 is 0 Å². The van der Waals surface area contributed by atoms with Crippen molar-refractivity contribution in [3.63, 3.8) is 0 Å². The fourth-order valence-electron chi connectivity index (χ4n) is 2.70. The van der Waals surface area contributed by atoms with E-state index in [2.05, 4.69) is 15.4 Å². The number of sulfonamides is 1. The number of rotatable bonds is 8. The summed E-state index contributed by atoms with van der Waals surface area (Å²) in [6, 6.07) is 10.9. The topological polar surface area (TPSA) is 104 Å². The van der Waals surface area contributed by atoms with E-state index in [9.17, 15) is 22.4 Å². The largest absolute Gasteiger partial charge is 0.351 e. The molecule has 0 bridgehead atoms. The predicted octanol–water partition coefficient (Wildman–Crippen LogP) is 2.16. The fourth-order valence-corrected chi connectivity index (χ4v) is 3.99. The molecule has 0 aliphatic heterocycles. The molecule has 1 atom stereocenters. The highest BCUT2D eigenvalue weighted by molar-refractivity contribution is 7.89. The summed E-state index contributed by atoms with van der Waals surface area (Å²) in [7, 11) is -4.17. The number of nitrogens with one attached hydrogen (secondary N) is 3. The van der Waals surface area contributed by atoms with Gasteiger partial charge in [-0.3, -0.25) is 9.59 Å². The van der Waals surface area contributed by atoms with E-state index in [0.29, 0.717) is 5.69 Å². The minimum absolute atomic E-state index is 0.0117. The number of hydrogen-bond acceptors (Lipinski definition) is 4. The summed E-state index contributed by atoms with van der Waals surface area (Å²) >= 11 is 0. The number of carbonyl (C=O) groups excluding carboxylic acids is 2. The Morgan fingerprint density at radius 3 is 2.55 bits per heavy atom. The highest BCUT2D eigenvalue weighted by Gasteiger charge is 2.29. The molecule has 1 fully saturated rings. The van der Waals surface area contributed by atoms with Gasteiger partial charge in [-0.25, -0.2) is 12.8 Å². The normalized spacial score (nSPS) is 14.8. The first kappa shape index (κ1) is 20.9. The number of hydrogen-bond donors (Lipinski definition) is 3. The Balaban J connectivity index is 1.56. The molecular weight excluding hydrogens is 397 g/mol. The third kappa shape index (κ3) is 5.61. The molecule has 0 radical (unpaired) electrons. The average molecular weight is 419 g/mol. The van der Waals surface area contributed by atoms with Crippen LogP contribution in [0.25, 0.3) is 0 Å². The molecule has 0 heterocycles. The van der Waals surface area contributed by atoms with Crippen molar-refractivity contribution >= 4 is 27.5 Å². The first-order valence-electron chi connectivity index (χ1n) is 9.20. The Kier molecular flexibility index (Phi) is 6.29. The van der Waals surface area contributed by atoms with Crippen LogP contribution < -0.4 is 15.4 Å². The number of anilines is 1. The lowest BCUT2D eigenvalue weighted by Gasteiger charge is -2.15. The van der Waals surface area contributed by atoms with Gasteiger partial charge in [0, 0.05) is 18.2 Å². The molecule has 2 aromatic rings. The van der Waals surface area contributed by atoms with Crippen molar-refractivity contribution in [1.82, 2.24) is 10.0 Å². The maximum atomic E-state index is 13.7. The van der Waals surface area contributed by atoms with Crippen LogP contribution in [0.15, 0.2) is 53.4 Å². The van der Waals surface area contributed by atoms with Crippen molar-refractivity contribution in [3.8, 4) is 0 Å². The fraction of sp³-hybridized carbons (Fsp3) is 0.300. The molecule has 2 aromatic carbocycles. The third-order valence-corrected chi connectivity index (χ3v) is 6.03. The minimum atomic E-state index is -4.17. The van der Waals surface area contributed by atoms with Crippen LogP contribution in [0.5, 0.6) is 0 Å². The van der Waals surface area contributed by atoms with E-state index in [1.54, 1.807) is 24.3 Å². The molecule has 1 aliphatic rings. The zero-order valence-corrected chi connectivity index (χ0v) is 16.6. The molecule has 3 N–H and O–H groups in total. The lowest BCUT2D eigenvalue weighted by molar-refractivity contribution is -0.122. The Morgan fingerprint density at radius 2 is 1.86 bits per heavy atom. The Morgan fingerprint density at radius 1 is 1.14 bits per heavy atom. The second-order valence-corrected chi connectivity index (χ2v) is 8.64. The molecule has 1 aliphatic carbocycles. The van der Waals surface area contributed by atoms with Crippen LogP contribution in [-0.4, -0.2) is 26.3 Å². The lowest BCUT2D eigenvalue weighted by Crippen LogP contribution is -2.44. The summed E-state index contributed by atoms with van der Waals surface area (Å²) < 4.78 is 40.5. The van der Waals surface area contributed by atoms with Crippen LogP contribution in [-0.2, 0) is 26.2 Å². The number of carbonyl (C=O) groups is 2. The third-order valence-electron chi connectivity index (χ3n) is 4.46. The van der Waals surface area contributed by atoms with Crippen LogP contribution in [0.3, 0.4) is 0 Å². The molecule has 0 spiro atoms. The molecular formula is C20H22FN3O4S. The van der Waals surface area contributed by atoms with Gasteiger partial charge in [0.25, 0.3) is 0 Å². The van der Waals surface area contributed by atoms with Crippen molar-refractivity contribution in [2.24, 2.45) is 5.92 Å². The van der Waals surface area contributed by atoms with E-state index >= 15 is 0 Å². The van der Waals surface area contributed by atoms with Crippen LogP contribution in [0, 0.1) is 11.7 Å². The Hall–Kier alpha value is -2.78. The summed E-state index contributed by atoms with van der Waals surface area (Å²) in [5, 5.41) is 5.46. The van der Waals surface area contributed by atoms with Crippen LogP contribution >= 0.6 is 0 Å². The van der Waals surface area contributed by atoms with Gasteiger partial charge in [-0.05, 0) is 49.6 Å². The van der Waals surface area contributed by atoms with Crippen molar-refractivity contribution in [1.29, 1.82) is 0 Å². The summed E-state index contributed by atoms with van der Waals surface area (Å²) in [5.74, 6) is -1.38. The SMILES string of the molecule is CC(NS(=O)(=O)c1ccccc1F)C(=O)NCc1cccc(NC(=O)C2CC2)c1. The van der Waals surface area contributed by atoms with E-state index in [1.807, 2.05) is 0 Å². The molecule has 7 nitrogen and oxygen atoms in total. The van der Waals surface area contributed by atoms with Crippen molar-refractivity contribution in [2.75, 3.05) is 5.32 Å². The summed E-state index contributed by atoms with van der Waals surface area (Å²) in [6.07, 6.45) is 1.81. The second kappa shape index (κ2) is 8.71. The van der Waals surface area contributed by atoms with Gasteiger partial charge in [-0.1, -0.05) is 24.3 Å². The average Bonchev–Trinajstić information content (AvgIpc) is 3.51. The van der Waals surface area contributed by atoms with Crippen molar-refractivity contribution in [2.45, 2.75) is 37.2 Å². The molecule has 0 saturated heterocycles. The molecule has 29 heavy (non-hydrogen) atoms. The molecule has 154 valence electrons.